The Bertz CT molecular complexity index is 322. The largest absolute Gasteiger partial charge is 0.414 e. The number of rotatable bonds is 7. The van der Waals surface area contributed by atoms with E-state index >= 15 is 0 Å². The lowest BCUT2D eigenvalue weighted by atomic mass is 9.93. The first-order chi connectivity index (χ1) is 8.79. The van der Waals surface area contributed by atoms with Crippen LogP contribution in [-0.2, 0) is 9.22 Å². The number of hydrogen-bond acceptors (Lipinski definition) is 4. The molecule has 0 aliphatic carbocycles. The molecule has 0 rings (SSSR count). The summed E-state index contributed by atoms with van der Waals surface area (Å²) in [5, 5.41) is 19.7. The minimum absolute atomic E-state index is 0.000278. The minimum Gasteiger partial charge on any atom is -0.414 e. The van der Waals surface area contributed by atoms with Crippen LogP contribution in [0, 0.1) is 5.92 Å². The van der Waals surface area contributed by atoms with Crippen LogP contribution >= 0.6 is 0 Å². The van der Waals surface area contributed by atoms with Gasteiger partial charge >= 0.3 is 0 Å². The molecule has 120 valence electrons. The lowest BCUT2D eigenvalue weighted by Gasteiger charge is -2.39. The number of ketones is 1. The van der Waals surface area contributed by atoms with Crippen molar-refractivity contribution in [1.29, 1.82) is 0 Å². The fourth-order valence-corrected chi connectivity index (χ4v) is 3.40. The number of aliphatic hydroxyl groups excluding tert-OH is 2. The van der Waals surface area contributed by atoms with E-state index in [4.69, 9.17) is 4.43 Å². The highest BCUT2D eigenvalue weighted by Gasteiger charge is 2.39. The summed E-state index contributed by atoms with van der Waals surface area (Å²) in [4.78, 5) is 11.1. The van der Waals surface area contributed by atoms with Crippen LogP contribution < -0.4 is 0 Å². The Labute approximate surface area is 124 Å². The average Bonchev–Trinajstić information content (AvgIpc) is 2.24. The average molecular weight is 305 g/mol. The molecule has 0 aliphatic heterocycles. The summed E-state index contributed by atoms with van der Waals surface area (Å²) in [5.74, 6) is -0.587. The number of hydrogen-bond donors (Lipinski definition) is 2. The summed E-state index contributed by atoms with van der Waals surface area (Å²) in [7, 11) is -1.83. The van der Waals surface area contributed by atoms with Crippen molar-refractivity contribution >= 4 is 14.1 Å². The second-order valence-electron chi connectivity index (χ2n) is 7.45. The van der Waals surface area contributed by atoms with Gasteiger partial charge in [0.1, 0.15) is 6.10 Å². The molecular weight excluding hydrogens is 272 g/mol. The summed E-state index contributed by atoms with van der Waals surface area (Å²) in [5.41, 5.74) is 0. The molecule has 0 aliphatic rings. The van der Waals surface area contributed by atoms with Crippen LogP contribution in [0.3, 0.4) is 0 Å². The van der Waals surface area contributed by atoms with Crippen LogP contribution in [0.5, 0.6) is 0 Å². The lowest BCUT2D eigenvalue weighted by Crippen LogP contribution is -2.44. The molecule has 0 saturated heterocycles. The van der Waals surface area contributed by atoms with Crippen molar-refractivity contribution in [1.82, 2.24) is 0 Å². The van der Waals surface area contributed by atoms with Crippen LogP contribution in [0.1, 0.15) is 48.0 Å². The second kappa shape index (κ2) is 7.16. The third-order valence-corrected chi connectivity index (χ3v) is 8.93. The molecule has 0 saturated carbocycles. The predicted octanol–water partition coefficient (Wildman–Crippen LogP) is 2.73. The first kappa shape index (κ1) is 19.8. The zero-order valence-corrected chi connectivity index (χ0v) is 15.2. The maximum absolute atomic E-state index is 11.1. The van der Waals surface area contributed by atoms with Crippen molar-refractivity contribution in [2.45, 2.75) is 84.4 Å². The maximum atomic E-state index is 11.1. The van der Waals surface area contributed by atoms with Crippen LogP contribution in [0.2, 0.25) is 18.1 Å². The first-order valence-electron chi connectivity index (χ1n) is 7.34. The Kier molecular flexibility index (Phi) is 7.08. The van der Waals surface area contributed by atoms with Crippen LogP contribution in [-0.4, -0.2) is 42.6 Å². The Morgan fingerprint density at radius 3 is 2.00 bits per heavy atom. The highest BCUT2D eigenvalue weighted by molar-refractivity contribution is 6.74. The molecule has 0 bridgehead atoms. The molecule has 0 heterocycles. The number of carbonyl (C=O) groups excluding carboxylic acids is 1. The van der Waals surface area contributed by atoms with Crippen LogP contribution in [0.25, 0.3) is 0 Å². The normalized spacial score (nSPS) is 19.3. The van der Waals surface area contributed by atoms with E-state index in [0.717, 1.165) is 0 Å². The van der Waals surface area contributed by atoms with Gasteiger partial charge in [-0.15, -0.1) is 0 Å². The number of aliphatic hydroxyl groups is 2. The van der Waals surface area contributed by atoms with Gasteiger partial charge in [0.25, 0.3) is 0 Å². The zero-order valence-electron chi connectivity index (χ0n) is 14.2. The van der Waals surface area contributed by atoms with Gasteiger partial charge in [-0.2, -0.15) is 0 Å². The van der Waals surface area contributed by atoms with Gasteiger partial charge in [-0.25, -0.2) is 0 Å². The molecule has 0 aromatic carbocycles. The standard InChI is InChI=1S/C15H32O4Si/c1-10(13(17)14(18)12(3)16)9-11(2)19-20(7,8)15(4,5)6/h10-11,13-14,17-18H,9H2,1-8H3/t10-,11-,13+,14+/m1/s1. The van der Waals surface area contributed by atoms with E-state index in [1.165, 1.54) is 6.92 Å². The van der Waals surface area contributed by atoms with Gasteiger partial charge in [-0.3, -0.25) is 4.79 Å². The van der Waals surface area contributed by atoms with Crippen molar-refractivity contribution in [2.75, 3.05) is 0 Å². The molecule has 4 nitrogen and oxygen atoms in total. The molecule has 2 N–H and O–H groups in total. The van der Waals surface area contributed by atoms with Gasteiger partial charge in [-0.05, 0) is 44.3 Å². The molecule has 0 fully saturated rings. The minimum atomic E-state index is -1.83. The molecule has 5 heteroatoms. The van der Waals surface area contributed by atoms with Crippen LogP contribution in [0.15, 0.2) is 0 Å². The number of Topliss-reactive ketones (excluding diaryl/α,β-unsaturated/α-hetero) is 1. The molecule has 0 aromatic heterocycles. The predicted molar refractivity (Wildman–Crippen MR) is 84.2 cm³/mol. The fraction of sp³-hybridized carbons (Fsp3) is 0.933. The highest BCUT2D eigenvalue weighted by Crippen LogP contribution is 2.38. The van der Waals surface area contributed by atoms with Gasteiger partial charge in [0.05, 0.1) is 6.10 Å². The number of carbonyl (C=O) groups is 1. The van der Waals surface area contributed by atoms with Gasteiger partial charge < -0.3 is 14.6 Å². The molecule has 0 amide bonds. The van der Waals surface area contributed by atoms with Crippen molar-refractivity contribution < 1.29 is 19.4 Å². The molecule has 0 radical (unpaired) electrons. The Morgan fingerprint density at radius 2 is 1.65 bits per heavy atom. The van der Waals surface area contributed by atoms with Gasteiger partial charge in [0.15, 0.2) is 14.1 Å². The molecule has 0 unspecified atom stereocenters. The molecule has 4 atom stereocenters. The Hall–Kier alpha value is -0.233. The summed E-state index contributed by atoms with van der Waals surface area (Å²) in [6, 6.07) is 0. The van der Waals surface area contributed by atoms with E-state index in [2.05, 4.69) is 33.9 Å². The molecular formula is C15H32O4Si. The van der Waals surface area contributed by atoms with Crippen molar-refractivity contribution in [3.8, 4) is 0 Å². The molecule has 20 heavy (non-hydrogen) atoms. The van der Waals surface area contributed by atoms with E-state index in [0.29, 0.717) is 6.42 Å². The first-order valence-corrected chi connectivity index (χ1v) is 10.2. The fourth-order valence-electron chi connectivity index (χ4n) is 1.94. The topological polar surface area (TPSA) is 66.8 Å². The van der Waals surface area contributed by atoms with Crippen LogP contribution in [0.4, 0.5) is 0 Å². The molecule has 0 spiro atoms. The lowest BCUT2D eigenvalue weighted by molar-refractivity contribution is -0.133. The summed E-state index contributed by atoms with van der Waals surface area (Å²) < 4.78 is 6.22. The third-order valence-electron chi connectivity index (χ3n) is 4.33. The van der Waals surface area contributed by atoms with Crippen molar-refractivity contribution in [3.05, 3.63) is 0 Å². The highest BCUT2D eigenvalue weighted by atomic mass is 28.4. The second-order valence-corrected chi connectivity index (χ2v) is 12.2. The van der Waals surface area contributed by atoms with Gasteiger partial charge in [0.2, 0.25) is 0 Å². The zero-order chi connectivity index (χ0) is 16.3. The monoisotopic (exact) mass is 304 g/mol. The van der Waals surface area contributed by atoms with E-state index in [1.807, 2.05) is 13.8 Å². The SMILES string of the molecule is CC(=O)[C@H](O)[C@@H](O)[C@H](C)C[C@@H](C)O[Si](C)(C)C(C)(C)C. The third kappa shape index (κ3) is 5.64. The maximum Gasteiger partial charge on any atom is 0.192 e. The van der Waals surface area contributed by atoms with Gasteiger partial charge in [0, 0.05) is 6.10 Å². The molecule has 0 aromatic rings. The summed E-state index contributed by atoms with van der Waals surface area (Å²) in [6.45, 7) is 16.0. The van der Waals surface area contributed by atoms with E-state index in [1.54, 1.807) is 0 Å². The van der Waals surface area contributed by atoms with E-state index in [-0.39, 0.29) is 17.1 Å². The summed E-state index contributed by atoms with van der Waals surface area (Å²) >= 11 is 0. The van der Waals surface area contributed by atoms with E-state index < -0.39 is 26.3 Å². The van der Waals surface area contributed by atoms with Gasteiger partial charge in [-0.1, -0.05) is 27.7 Å². The smallest absolute Gasteiger partial charge is 0.192 e. The van der Waals surface area contributed by atoms with Crippen molar-refractivity contribution in [3.63, 3.8) is 0 Å². The van der Waals surface area contributed by atoms with Crippen molar-refractivity contribution in [2.24, 2.45) is 5.92 Å². The Morgan fingerprint density at radius 1 is 1.20 bits per heavy atom. The summed E-state index contributed by atoms with van der Waals surface area (Å²) in [6.07, 6.45) is -1.71. The van der Waals surface area contributed by atoms with E-state index in [9.17, 15) is 15.0 Å². The Balaban J connectivity index is 4.55. The quantitative estimate of drug-likeness (QED) is 0.710.